The highest BCUT2D eigenvalue weighted by molar-refractivity contribution is 14.0. The number of halogens is 1. The molecule has 0 amide bonds. The van der Waals surface area contributed by atoms with E-state index in [-0.39, 0.29) is 24.0 Å². The zero-order valence-electron chi connectivity index (χ0n) is 16.8. The van der Waals surface area contributed by atoms with Crippen molar-refractivity contribution in [2.75, 3.05) is 26.8 Å². The van der Waals surface area contributed by atoms with E-state index in [1.165, 1.54) is 4.70 Å². The van der Waals surface area contributed by atoms with Crippen molar-refractivity contribution >= 4 is 51.4 Å². The second-order valence-electron chi connectivity index (χ2n) is 6.84. The first-order valence-corrected chi connectivity index (χ1v) is 10.5. The topological polar surface area (TPSA) is 75.1 Å². The quantitative estimate of drug-likeness (QED) is 0.259. The summed E-state index contributed by atoms with van der Waals surface area (Å²) >= 11 is 1.61. The van der Waals surface area contributed by atoms with Crippen LogP contribution >= 0.6 is 35.3 Å². The largest absolute Gasteiger partial charge is 0.490 e. The molecule has 0 bridgehead atoms. The zero-order chi connectivity index (χ0) is 20.1. The lowest BCUT2D eigenvalue weighted by molar-refractivity contribution is 0.184. The number of aliphatic hydroxyl groups is 1. The molecule has 2 aromatic carbocycles. The highest BCUT2D eigenvalue weighted by Crippen LogP contribution is 2.31. The number of hydrogen-bond acceptors (Lipinski definition) is 5. The summed E-state index contributed by atoms with van der Waals surface area (Å²) in [6.07, 6.45) is 0.296. The van der Waals surface area contributed by atoms with E-state index in [0.29, 0.717) is 32.3 Å². The Balaban J connectivity index is 0.00000256. The minimum absolute atomic E-state index is 0. The number of aliphatic imine (C=N–C) groups is 1. The molecule has 1 aromatic heterocycles. The van der Waals surface area contributed by atoms with Gasteiger partial charge in [0.05, 0.1) is 13.2 Å². The Bertz CT molecular complexity index is 975. The molecule has 1 aliphatic rings. The molecule has 1 atom stereocenters. The van der Waals surface area contributed by atoms with E-state index in [0.717, 1.165) is 33.7 Å². The van der Waals surface area contributed by atoms with Gasteiger partial charge in [-0.15, -0.1) is 35.3 Å². The van der Waals surface area contributed by atoms with E-state index in [4.69, 9.17) is 9.47 Å². The number of guanidine groups is 1. The van der Waals surface area contributed by atoms with Gasteiger partial charge in [-0.3, -0.25) is 4.99 Å². The van der Waals surface area contributed by atoms with Gasteiger partial charge in [-0.05, 0) is 35.2 Å². The van der Waals surface area contributed by atoms with E-state index in [9.17, 15) is 5.11 Å². The lowest BCUT2D eigenvalue weighted by atomic mass is 10.2. The molecule has 6 nitrogen and oxygen atoms in total. The fraction of sp³-hybridized carbons (Fsp3) is 0.318. The maximum atomic E-state index is 10.5. The van der Waals surface area contributed by atoms with E-state index in [2.05, 4.69) is 27.8 Å². The van der Waals surface area contributed by atoms with Crippen LogP contribution < -0.4 is 20.1 Å². The van der Waals surface area contributed by atoms with Crippen LogP contribution in [0.3, 0.4) is 0 Å². The number of nitrogens with one attached hydrogen (secondary N) is 2. The molecule has 1 aliphatic heterocycles. The molecule has 0 spiro atoms. The fourth-order valence-electron chi connectivity index (χ4n) is 3.18. The number of ether oxygens (including phenoxy) is 2. The average Bonchev–Trinajstić information content (AvgIpc) is 3.05. The van der Waals surface area contributed by atoms with Crippen LogP contribution in [0.2, 0.25) is 0 Å². The first-order chi connectivity index (χ1) is 14.2. The van der Waals surface area contributed by atoms with Gasteiger partial charge in [-0.25, -0.2) is 0 Å². The number of rotatable bonds is 5. The summed E-state index contributed by atoms with van der Waals surface area (Å²) in [5, 5.41) is 18.2. The minimum Gasteiger partial charge on any atom is -0.490 e. The van der Waals surface area contributed by atoms with E-state index < -0.39 is 6.10 Å². The van der Waals surface area contributed by atoms with Crippen LogP contribution in [0, 0.1) is 0 Å². The van der Waals surface area contributed by atoms with Gasteiger partial charge in [0.15, 0.2) is 17.5 Å². The monoisotopic (exact) mass is 539 g/mol. The van der Waals surface area contributed by atoms with Crippen molar-refractivity contribution in [3.8, 4) is 11.5 Å². The van der Waals surface area contributed by atoms with Gasteiger partial charge in [0.2, 0.25) is 0 Å². The number of fused-ring (bicyclic) bond motifs is 2. The molecule has 0 saturated carbocycles. The first-order valence-electron chi connectivity index (χ1n) is 9.72. The van der Waals surface area contributed by atoms with Gasteiger partial charge >= 0.3 is 0 Å². The molecule has 0 saturated heterocycles. The van der Waals surface area contributed by atoms with Crippen molar-refractivity contribution in [3.63, 3.8) is 0 Å². The lowest BCUT2D eigenvalue weighted by Crippen LogP contribution is -2.38. The van der Waals surface area contributed by atoms with Crippen molar-refractivity contribution in [2.45, 2.75) is 19.1 Å². The van der Waals surface area contributed by atoms with Crippen LogP contribution in [0.4, 0.5) is 0 Å². The number of aliphatic hydroxyl groups excluding tert-OH is 1. The van der Waals surface area contributed by atoms with Crippen LogP contribution in [0.1, 0.15) is 23.0 Å². The van der Waals surface area contributed by atoms with Crippen LogP contribution in [0.25, 0.3) is 10.1 Å². The molecule has 0 aliphatic carbocycles. The highest BCUT2D eigenvalue weighted by Gasteiger charge is 2.13. The van der Waals surface area contributed by atoms with Gasteiger partial charge in [-0.2, -0.15) is 0 Å². The second kappa shape index (κ2) is 10.8. The van der Waals surface area contributed by atoms with Crippen molar-refractivity contribution in [3.05, 3.63) is 59.0 Å². The molecule has 8 heteroatoms. The van der Waals surface area contributed by atoms with Gasteiger partial charge in [-0.1, -0.05) is 24.3 Å². The Kier molecular flexibility index (Phi) is 8.17. The molecule has 4 rings (SSSR count). The molecule has 1 unspecified atom stereocenters. The number of nitrogens with zero attached hydrogens (tertiary/aromatic N) is 1. The Morgan fingerprint density at radius 1 is 1.10 bits per heavy atom. The zero-order valence-corrected chi connectivity index (χ0v) is 19.9. The van der Waals surface area contributed by atoms with Crippen molar-refractivity contribution in [1.82, 2.24) is 10.6 Å². The van der Waals surface area contributed by atoms with E-state index in [1.54, 1.807) is 18.4 Å². The van der Waals surface area contributed by atoms with Crippen molar-refractivity contribution in [2.24, 2.45) is 4.99 Å². The van der Waals surface area contributed by atoms with Crippen LogP contribution in [0.5, 0.6) is 11.5 Å². The summed E-state index contributed by atoms with van der Waals surface area (Å²) in [6, 6.07) is 16.1. The molecule has 3 aromatic rings. The summed E-state index contributed by atoms with van der Waals surface area (Å²) in [7, 11) is 1.72. The van der Waals surface area contributed by atoms with Gasteiger partial charge in [0.25, 0.3) is 0 Å². The minimum atomic E-state index is -0.594. The van der Waals surface area contributed by atoms with Crippen molar-refractivity contribution in [1.29, 1.82) is 0 Å². The van der Waals surface area contributed by atoms with Gasteiger partial charge in [0.1, 0.15) is 6.10 Å². The number of thiophene rings is 1. The third-order valence-electron chi connectivity index (χ3n) is 4.73. The average molecular weight is 539 g/mol. The molecule has 0 fully saturated rings. The van der Waals surface area contributed by atoms with Crippen LogP contribution in [-0.4, -0.2) is 37.9 Å². The summed E-state index contributed by atoms with van der Waals surface area (Å²) in [6.45, 7) is 2.33. The van der Waals surface area contributed by atoms with Crippen LogP contribution in [-0.2, 0) is 6.54 Å². The van der Waals surface area contributed by atoms with Gasteiger partial charge in [0, 0.05) is 36.1 Å². The summed E-state index contributed by atoms with van der Waals surface area (Å²) < 4.78 is 12.6. The number of benzene rings is 2. The molecular formula is C22H26IN3O3S. The Hall–Kier alpha value is -2.04. The maximum Gasteiger partial charge on any atom is 0.191 e. The Morgan fingerprint density at radius 2 is 1.90 bits per heavy atom. The maximum absolute atomic E-state index is 10.5. The summed E-state index contributed by atoms with van der Waals surface area (Å²) in [5.41, 5.74) is 1.07. The Morgan fingerprint density at radius 3 is 2.70 bits per heavy atom. The third kappa shape index (κ3) is 5.55. The lowest BCUT2D eigenvalue weighted by Gasteiger charge is -2.15. The van der Waals surface area contributed by atoms with E-state index in [1.807, 2.05) is 36.4 Å². The van der Waals surface area contributed by atoms with E-state index >= 15 is 0 Å². The second-order valence-corrected chi connectivity index (χ2v) is 7.96. The summed E-state index contributed by atoms with van der Waals surface area (Å²) in [4.78, 5) is 5.19. The molecular weight excluding hydrogens is 513 g/mol. The smallest absolute Gasteiger partial charge is 0.191 e. The normalized spacial score (nSPS) is 14.5. The number of hydrogen-bond donors (Lipinski definition) is 3. The molecule has 160 valence electrons. The predicted octanol–water partition coefficient (Wildman–Crippen LogP) is 4.08. The Labute approximate surface area is 197 Å². The molecule has 2 heterocycles. The third-order valence-corrected chi connectivity index (χ3v) is 5.95. The first kappa shape index (κ1) is 22.6. The SMILES string of the molecule is CN=C(NCc1ccc2c(c1)OCCCO2)NCC(O)c1cc2ccccc2s1.I. The molecule has 30 heavy (non-hydrogen) atoms. The summed E-state index contributed by atoms with van der Waals surface area (Å²) in [5.74, 6) is 2.21. The van der Waals surface area contributed by atoms with Crippen molar-refractivity contribution < 1.29 is 14.6 Å². The predicted molar refractivity (Wildman–Crippen MR) is 132 cm³/mol. The molecule has 0 radical (unpaired) electrons. The highest BCUT2D eigenvalue weighted by atomic mass is 127. The fourth-order valence-corrected chi connectivity index (χ4v) is 4.24. The molecule has 3 N–H and O–H groups in total. The van der Waals surface area contributed by atoms with Gasteiger partial charge < -0.3 is 25.2 Å². The van der Waals surface area contributed by atoms with Crippen LogP contribution in [0.15, 0.2) is 53.5 Å². The standard InChI is InChI=1S/C22H25N3O3S.HI/c1-23-22(24-13-15-7-8-18-19(11-15)28-10-4-9-27-18)25-14-17(26)21-12-16-5-2-3-6-20(16)29-21;/h2-3,5-8,11-12,17,26H,4,9-10,13-14H2,1H3,(H2,23,24,25);1H.